The van der Waals surface area contributed by atoms with Crippen molar-refractivity contribution in [1.29, 1.82) is 0 Å². The molecule has 23 heavy (non-hydrogen) atoms. The van der Waals surface area contributed by atoms with E-state index in [1.165, 1.54) is 30.4 Å². The Morgan fingerprint density at radius 2 is 1.96 bits per heavy atom. The van der Waals surface area contributed by atoms with Gasteiger partial charge in [0.1, 0.15) is 11.3 Å². The van der Waals surface area contributed by atoms with Crippen LogP contribution in [-0.2, 0) is 6.54 Å². The van der Waals surface area contributed by atoms with Gasteiger partial charge in [0.2, 0.25) is 5.43 Å². The zero-order chi connectivity index (χ0) is 17.6. The van der Waals surface area contributed by atoms with Gasteiger partial charge < -0.3 is 19.5 Å². The zero-order valence-corrected chi connectivity index (χ0v) is 14.9. The maximum absolute atomic E-state index is 12.2. The van der Waals surface area contributed by atoms with Gasteiger partial charge in [-0.15, -0.1) is 0 Å². The molecule has 0 saturated carbocycles. The third-order valence-corrected chi connectivity index (χ3v) is 3.54. The number of hydrogen-bond donors (Lipinski definition) is 2. The van der Waals surface area contributed by atoms with E-state index in [1.807, 2.05) is 0 Å². The summed E-state index contributed by atoms with van der Waals surface area (Å²) in [5.74, 6) is -0.776. The number of methoxy groups -OCH3 is 1. The highest BCUT2D eigenvalue weighted by atomic mass is 79.9. The Labute approximate surface area is 142 Å². The minimum atomic E-state index is -1.30. The predicted molar refractivity (Wildman–Crippen MR) is 92.5 cm³/mol. The van der Waals surface area contributed by atoms with Gasteiger partial charge in [-0.2, -0.15) is 0 Å². The van der Waals surface area contributed by atoms with Crippen LogP contribution in [0.2, 0.25) is 0 Å². The highest BCUT2D eigenvalue weighted by Crippen LogP contribution is 2.29. The van der Waals surface area contributed by atoms with E-state index in [2.05, 4.69) is 29.8 Å². The van der Waals surface area contributed by atoms with Gasteiger partial charge in [-0.05, 0) is 22.0 Å². The number of benzene rings is 1. The molecule has 1 aromatic carbocycles. The van der Waals surface area contributed by atoms with Crippen molar-refractivity contribution in [3.63, 3.8) is 0 Å². The largest absolute Gasteiger partial charge is 0.495 e. The van der Waals surface area contributed by atoms with Crippen LogP contribution in [0.25, 0.3) is 10.9 Å². The predicted octanol–water partition coefficient (Wildman–Crippen LogP) is 2.88. The van der Waals surface area contributed by atoms with Gasteiger partial charge in [-0.1, -0.05) is 20.3 Å². The summed E-state index contributed by atoms with van der Waals surface area (Å²) in [6.45, 7) is 4.26. The maximum atomic E-state index is 12.2. The molecule has 0 bridgehead atoms. The Morgan fingerprint density at radius 3 is 2.43 bits per heavy atom. The highest BCUT2D eigenvalue weighted by molar-refractivity contribution is 9.10. The van der Waals surface area contributed by atoms with Gasteiger partial charge >= 0.3 is 5.97 Å². The summed E-state index contributed by atoms with van der Waals surface area (Å²) in [6, 6.07) is 3.15. The second-order valence-corrected chi connectivity index (χ2v) is 5.66. The SMILES string of the molecule is CCC.COc1cc2c(cc1Br)c(=O)c(C(=O)O)cn2CCO. The molecule has 0 radical (unpaired) electrons. The monoisotopic (exact) mass is 385 g/mol. The van der Waals surface area contributed by atoms with Gasteiger partial charge in [0.25, 0.3) is 0 Å². The molecule has 0 aliphatic carbocycles. The quantitative estimate of drug-likeness (QED) is 0.844. The van der Waals surface area contributed by atoms with Crippen LogP contribution >= 0.6 is 15.9 Å². The van der Waals surface area contributed by atoms with E-state index in [0.29, 0.717) is 15.7 Å². The molecule has 6 nitrogen and oxygen atoms in total. The van der Waals surface area contributed by atoms with Crippen LogP contribution in [0, 0.1) is 0 Å². The van der Waals surface area contributed by atoms with Gasteiger partial charge in [-0.3, -0.25) is 4.79 Å². The van der Waals surface area contributed by atoms with Crippen molar-refractivity contribution < 1.29 is 19.7 Å². The van der Waals surface area contributed by atoms with E-state index in [9.17, 15) is 9.59 Å². The van der Waals surface area contributed by atoms with Crippen molar-refractivity contribution in [2.24, 2.45) is 0 Å². The number of aromatic nitrogens is 1. The Hall–Kier alpha value is -1.86. The molecule has 2 N–H and O–H groups in total. The number of rotatable bonds is 4. The zero-order valence-electron chi connectivity index (χ0n) is 13.3. The van der Waals surface area contributed by atoms with Crippen LogP contribution in [0.1, 0.15) is 30.6 Å². The Morgan fingerprint density at radius 1 is 1.35 bits per heavy atom. The molecule has 2 rings (SSSR count). The molecular weight excluding hydrogens is 366 g/mol. The first-order valence-corrected chi connectivity index (χ1v) is 7.95. The summed E-state index contributed by atoms with van der Waals surface area (Å²) in [4.78, 5) is 23.3. The highest BCUT2D eigenvalue weighted by Gasteiger charge is 2.16. The topological polar surface area (TPSA) is 88.8 Å². The summed E-state index contributed by atoms with van der Waals surface area (Å²) < 4.78 is 7.24. The number of carbonyl (C=O) groups is 1. The Kier molecular flexibility index (Phi) is 7.25. The van der Waals surface area contributed by atoms with Crippen molar-refractivity contribution in [3.05, 3.63) is 38.6 Å². The summed E-state index contributed by atoms with van der Waals surface area (Å²) >= 11 is 3.27. The first-order chi connectivity index (χ1) is 10.9. The smallest absolute Gasteiger partial charge is 0.341 e. The Balaban J connectivity index is 0.000000816. The minimum absolute atomic E-state index is 0.171. The third-order valence-electron chi connectivity index (χ3n) is 2.93. The van der Waals surface area contributed by atoms with Gasteiger partial charge in [-0.25, -0.2) is 4.79 Å². The van der Waals surface area contributed by atoms with E-state index in [4.69, 9.17) is 14.9 Å². The van der Waals surface area contributed by atoms with E-state index < -0.39 is 11.4 Å². The van der Waals surface area contributed by atoms with E-state index in [1.54, 1.807) is 6.07 Å². The second kappa shape index (κ2) is 8.69. The fourth-order valence-corrected chi connectivity index (χ4v) is 2.50. The van der Waals surface area contributed by atoms with E-state index >= 15 is 0 Å². The van der Waals surface area contributed by atoms with Crippen LogP contribution in [0.15, 0.2) is 27.6 Å². The summed E-state index contributed by atoms with van der Waals surface area (Å²) in [7, 11) is 1.49. The molecule has 0 aliphatic rings. The molecule has 0 amide bonds. The number of ether oxygens (including phenoxy) is 1. The average Bonchev–Trinajstić information content (AvgIpc) is 2.50. The number of carboxylic acid groups (broad SMARTS) is 1. The van der Waals surface area contributed by atoms with Crippen molar-refractivity contribution in [2.75, 3.05) is 13.7 Å². The molecule has 7 heteroatoms. The first-order valence-electron chi connectivity index (χ1n) is 7.16. The van der Waals surface area contributed by atoms with Crippen molar-refractivity contribution in [2.45, 2.75) is 26.8 Å². The van der Waals surface area contributed by atoms with Crippen molar-refractivity contribution in [1.82, 2.24) is 4.57 Å². The molecule has 1 heterocycles. The van der Waals surface area contributed by atoms with Crippen LogP contribution < -0.4 is 10.2 Å². The third kappa shape index (κ3) is 4.33. The molecular formula is C16H20BrNO5. The number of aliphatic hydroxyl groups excluding tert-OH is 1. The number of halogens is 1. The van der Waals surface area contributed by atoms with Crippen LogP contribution in [0.3, 0.4) is 0 Å². The molecule has 1 aromatic heterocycles. The standard InChI is InChI=1S/C13H12BrNO5.C3H8/c1-20-11-5-10-7(4-9(11)14)12(17)8(13(18)19)6-15(10)2-3-16;1-3-2/h4-6,16H,2-3H2,1H3,(H,18,19);3H2,1-2H3. The number of nitrogens with zero attached hydrogens (tertiary/aromatic N) is 1. The molecule has 2 aromatic rings. The van der Waals surface area contributed by atoms with Gasteiger partial charge in [0, 0.05) is 24.2 Å². The maximum Gasteiger partial charge on any atom is 0.341 e. The van der Waals surface area contributed by atoms with Gasteiger partial charge in [0.15, 0.2) is 0 Å². The van der Waals surface area contributed by atoms with Crippen LogP contribution in [-0.4, -0.2) is 34.5 Å². The number of aliphatic hydroxyl groups is 1. The molecule has 0 atom stereocenters. The van der Waals surface area contributed by atoms with Crippen LogP contribution in [0.4, 0.5) is 0 Å². The lowest BCUT2D eigenvalue weighted by atomic mass is 10.1. The molecule has 0 aliphatic heterocycles. The Bertz CT molecular complexity index is 754. The lowest BCUT2D eigenvalue weighted by Crippen LogP contribution is -2.19. The number of hydrogen-bond acceptors (Lipinski definition) is 4. The van der Waals surface area contributed by atoms with E-state index in [-0.39, 0.29) is 24.1 Å². The first kappa shape index (κ1) is 19.2. The number of fused-ring (bicyclic) bond motifs is 1. The van der Waals surface area contributed by atoms with Gasteiger partial charge in [0.05, 0.1) is 23.7 Å². The van der Waals surface area contributed by atoms with Crippen molar-refractivity contribution in [3.8, 4) is 5.75 Å². The van der Waals surface area contributed by atoms with Crippen molar-refractivity contribution >= 4 is 32.8 Å². The normalized spacial score (nSPS) is 10.1. The number of carboxylic acids is 1. The lowest BCUT2D eigenvalue weighted by molar-refractivity contribution is 0.0694. The molecule has 0 unspecified atom stereocenters. The molecule has 0 fully saturated rings. The minimum Gasteiger partial charge on any atom is -0.495 e. The summed E-state index contributed by atoms with van der Waals surface area (Å²) in [5, 5.41) is 18.4. The summed E-state index contributed by atoms with van der Waals surface area (Å²) in [5.41, 5.74) is -0.387. The average molecular weight is 386 g/mol. The molecule has 0 spiro atoms. The lowest BCUT2D eigenvalue weighted by Gasteiger charge is -2.13. The van der Waals surface area contributed by atoms with E-state index in [0.717, 1.165) is 0 Å². The second-order valence-electron chi connectivity index (χ2n) is 4.81. The molecule has 0 saturated heterocycles. The number of pyridine rings is 1. The fraction of sp³-hybridized carbons (Fsp3) is 0.375. The number of aromatic carboxylic acids is 1. The fourth-order valence-electron chi connectivity index (χ4n) is 1.99. The summed E-state index contributed by atoms with van der Waals surface area (Å²) in [6.07, 6.45) is 2.48. The van der Waals surface area contributed by atoms with Crippen LogP contribution in [0.5, 0.6) is 5.75 Å². The molecule has 126 valence electrons.